The van der Waals surface area contributed by atoms with Crippen molar-refractivity contribution in [1.82, 2.24) is 10.1 Å². The van der Waals surface area contributed by atoms with E-state index < -0.39 is 0 Å². The van der Waals surface area contributed by atoms with Crippen molar-refractivity contribution in [2.24, 2.45) is 0 Å². The summed E-state index contributed by atoms with van der Waals surface area (Å²) >= 11 is 14.1. The number of hydrogen-bond donors (Lipinski definition) is 0. The van der Waals surface area contributed by atoms with Crippen molar-refractivity contribution in [1.29, 1.82) is 0 Å². The van der Waals surface area contributed by atoms with Crippen LogP contribution in [-0.4, -0.2) is 10.1 Å². The minimum Gasteiger partial charge on any atom is -0.333 e. The molecule has 0 aliphatic rings. The zero-order valence-electron chi connectivity index (χ0n) is 11.1. The Hall–Kier alpha value is -1.88. The standard InChI is InChI=1S/C16H8Cl2N2OS/c17-11-7-3-1-5-9(11)15-19-16(21-20-15)14-13(18)10-6-2-4-8-12(10)22-14/h1-8H. The van der Waals surface area contributed by atoms with Gasteiger partial charge >= 0.3 is 0 Å². The molecule has 0 aliphatic heterocycles. The third-order valence-electron chi connectivity index (χ3n) is 3.27. The molecular formula is C16H8Cl2N2OS. The van der Waals surface area contributed by atoms with Gasteiger partial charge in [-0.1, -0.05) is 58.7 Å². The maximum Gasteiger partial charge on any atom is 0.269 e. The molecule has 0 amide bonds. The molecule has 0 fully saturated rings. The Balaban J connectivity index is 1.84. The van der Waals surface area contributed by atoms with Gasteiger partial charge < -0.3 is 4.52 Å². The molecule has 0 spiro atoms. The van der Waals surface area contributed by atoms with Gasteiger partial charge in [-0.25, -0.2) is 0 Å². The highest BCUT2D eigenvalue weighted by atomic mass is 35.5. The summed E-state index contributed by atoms with van der Waals surface area (Å²) in [6, 6.07) is 15.3. The molecule has 2 aromatic carbocycles. The van der Waals surface area contributed by atoms with Crippen LogP contribution in [0.3, 0.4) is 0 Å². The molecule has 0 N–H and O–H groups in total. The summed E-state index contributed by atoms with van der Waals surface area (Å²) in [6.07, 6.45) is 0. The van der Waals surface area contributed by atoms with E-state index in [1.165, 1.54) is 11.3 Å². The summed E-state index contributed by atoms with van der Waals surface area (Å²) < 4.78 is 6.46. The average molecular weight is 347 g/mol. The zero-order valence-corrected chi connectivity index (χ0v) is 13.4. The first kappa shape index (κ1) is 13.8. The highest BCUT2D eigenvalue weighted by Gasteiger charge is 2.19. The number of aromatic nitrogens is 2. The fraction of sp³-hybridized carbons (Fsp3) is 0. The van der Waals surface area contributed by atoms with Gasteiger partial charge in [0.05, 0.1) is 10.0 Å². The third-order valence-corrected chi connectivity index (χ3v) is 5.26. The van der Waals surface area contributed by atoms with Gasteiger partial charge in [-0.2, -0.15) is 4.98 Å². The lowest BCUT2D eigenvalue weighted by molar-refractivity contribution is 0.433. The van der Waals surface area contributed by atoms with Gasteiger partial charge in [0.1, 0.15) is 4.88 Å². The van der Waals surface area contributed by atoms with Crippen LogP contribution >= 0.6 is 34.5 Å². The van der Waals surface area contributed by atoms with Crippen LogP contribution in [0.2, 0.25) is 10.0 Å². The molecule has 108 valence electrons. The fourth-order valence-corrected chi connectivity index (χ4v) is 3.87. The summed E-state index contributed by atoms with van der Waals surface area (Å²) in [7, 11) is 0. The van der Waals surface area contributed by atoms with Crippen molar-refractivity contribution in [3.63, 3.8) is 0 Å². The lowest BCUT2D eigenvalue weighted by Gasteiger charge is -1.95. The molecule has 3 nitrogen and oxygen atoms in total. The van der Waals surface area contributed by atoms with Crippen LogP contribution in [-0.2, 0) is 0 Å². The van der Waals surface area contributed by atoms with Crippen molar-refractivity contribution in [2.75, 3.05) is 0 Å². The van der Waals surface area contributed by atoms with Crippen LogP contribution < -0.4 is 0 Å². The zero-order chi connectivity index (χ0) is 15.1. The SMILES string of the molecule is Clc1ccccc1-c1noc(-c2sc3ccccc3c2Cl)n1. The Morgan fingerprint density at radius 3 is 2.55 bits per heavy atom. The summed E-state index contributed by atoms with van der Waals surface area (Å²) in [5, 5.41) is 6.22. The molecule has 2 aromatic heterocycles. The van der Waals surface area contributed by atoms with Gasteiger partial charge in [0.15, 0.2) is 0 Å². The van der Waals surface area contributed by atoms with E-state index in [1.807, 2.05) is 42.5 Å². The van der Waals surface area contributed by atoms with Gasteiger partial charge in [0.25, 0.3) is 5.89 Å². The Morgan fingerprint density at radius 1 is 0.955 bits per heavy atom. The van der Waals surface area contributed by atoms with E-state index in [9.17, 15) is 0 Å². The van der Waals surface area contributed by atoms with Gasteiger partial charge in [0.2, 0.25) is 5.82 Å². The van der Waals surface area contributed by atoms with Crippen molar-refractivity contribution >= 4 is 44.6 Å². The van der Waals surface area contributed by atoms with Gasteiger partial charge in [0, 0.05) is 15.6 Å². The van der Waals surface area contributed by atoms with Gasteiger partial charge in [-0.15, -0.1) is 11.3 Å². The molecule has 0 saturated carbocycles. The third kappa shape index (κ3) is 2.20. The smallest absolute Gasteiger partial charge is 0.269 e. The topological polar surface area (TPSA) is 38.9 Å². The highest BCUT2D eigenvalue weighted by molar-refractivity contribution is 7.23. The van der Waals surface area contributed by atoms with Crippen LogP contribution in [0, 0.1) is 0 Å². The maximum absolute atomic E-state index is 6.43. The van der Waals surface area contributed by atoms with Crippen LogP contribution in [0.5, 0.6) is 0 Å². The van der Waals surface area contributed by atoms with Crippen LogP contribution in [0.25, 0.3) is 32.2 Å². The minimum absolute atomic E-state index is 0.404. The number of halogens is 2. The van der Waals surface area contributed by atoms with Crippen LogP contribution in [0.1, 0.15) is 0 Å². The summed E-state index contributed by atoms with van der Waals surface area (Å²) in [5.41, 5.74) is 0.733. The second-order valence-electron chi connectivity index (χ2n) is 4.64. The Bertz CT molecular complexity index is 977. The highest BCUT2D eigenvalue weighted by Crippen LogP contribution is 2.41. The largest absolute Gasteiger partial charge is 0.333 e. The number of benzene rings is 2. The number of nitrogens with zero attached hydrogens (tertiary/aromatic N) is 2. The van der Waals surface area contributed by atoms with E-state index in [1.54, 1.807) is 6.07 Å². The molecule has 0 saturated heterocycles. The number of rotatable bonds is 2. The molecular weight excluding hydrogens is 339 g/mol. The van der Waals surface area contributed by atoms with E-state index in [2.05, 4.69) is 10.1 Å². The molecule has 0 atom stereocenters. The van der Waals surface area contributed by atoms with Crippen LogP contribution in [0.4, 0.5) is 0 Å². The lowest BCUT2D eigenvalue weighted by atomic mass is 10.2. The lowest BCUT2D eigenvalue weighted by Crippen LogP contribution is -1.81. The van der Waals surface area contributed by atoms with E-state index in [4.69, 9.17) is 27.7 Å². The molecule has 0 aliphatic carbocycles. The summed E-state index contributed by atoms with van der Waals surface area (Å²) in [6.45, 7) is 0. The first-order chi connectivity index (χ1) is 10.7. The summed E-state index contributed by atoms with van der Waals surface area (Å²) in [5.74, 6) is 0.857. The summed E-state index contributed by atoms with van der Waals surface area (Å²) in [4.78, 5) is 5.20. The number of hydrogen-bond acceptors (Lipinski definition) is 4. The van der Waals surface area contributed by atoms with E-state index in [0.717, 1.165) is 20.5 Å². The Kier molecular flexibility index (Phi) is 3.37. The van der Waals surface area contributed by atoms with Crippen LogP contribution in [0.15, 0.2) is 53.1 Å². The molecule has 0 unspecified atom stereocenters. The molecule has 0 radical (unpaired) electrons. The maximum atomic E-state index is 6.43. The second-order valence-corrected chi connectivity index (χ2v) is 6.48. The number of thiophene rings is 1. The first-order valence-corrected chi connectivity index (χ1v) is 8.07. The molecule has 6 heteroatoms. The molecule has 22 heavy (non-hydrogen) atoms. The predicted molar refractivity (Wildman–Crippen MR) is 90.6 cm³/mol. The molecule has 4 rings (SSSR count). The van der Waals surface area contributed by atoms with E-state index >= 15 is 0 Å². The van der Waals surface area contributed by atoms with E-state index in [-0.39, 0.29) is 0 Å². The predicted octanol–water partition coefficient (Wildman–Crippen LogP) is 5.93. The number of fused-ring (bicyclic) bond motifs is 1. The fourth-order valence-electron chi connectivity index (χ4n) is 2.22. The monoisotopic (exact) mass is 346 g/mol. The molecule has 2 heterocycles. The minimum atomic E-state index is 0.404. The Morgan fingerprint density at radius 2 is 1.73 bits per heavy atom. The first-order valence-electron chi connectivity index (χ1n) is 6.50. The van der Waals surface area contributed by atoms with Crippen molar-refractivity contribution in [3.8, 4) is 22.2 Å². The average Bonchev–Trinajstić information content (AvgIpc) is 3.13. The second kappa shape index (κ2) is 5.39. The Labute approximate surface area is 140 Å². The van der Waals surface area contributed by atoms with Crippen molar-refractivity contribution in [3.05, 3.63) is 58.6 Å². The molecule has 0 bridgehead atoms. The van der Waals surface area contributed by atoms with Crippen molar-refractivity contribution < 1.29 is 4.52 Å². The quantitative estimate of drug-likeness (QED) is 0.451. The van der Waals surface area contributed by atoms with E-state index in [0.29, 0.717) is 21.8 Å². The molecule has 4 aromatic rings. The van der Waals surface area contributed by atoms with Gasteiger partial charge in [-0.05, 0) is 18.2 Å². The van der Waals surface area contributed by atoms with Crippen molar-refractivity contribution in [2.45, 2.75) is 0 Å². The van der Waals surface area contributed by atoms with Gasteiger partial charge in [-0.3, -0.25) is 0 Å². The normalized spacial score (nSPS) is 11.2.